The number of anilines is 1. The summed E-state index contributed by atoms with van der Waals surface area (Å²) < 4.78 is 2.28. The fraction of sp³-hybridized carbons (Fsp3) is 0.467. The highest BCUT2D eigenvalue weighted by Crippen LogP contribution is 2.41. The van der Waals surface area contributed by atoms with E-state index < -0.39 is 0 Å². The van der Waals surface area contributed by atoms with E-state index >= 15 is 0 Å². The van der Waals surface area contributed by atoms with Gasteiger partial charge in [-0.05, 0) is 37.7 Å². The molecule has 0 saturated heterocycles. The third-order valence-electron chi connectivity index (χ3n) is 4.38. The molecule has 1 unspecified atom stereocenters. The van der Waals surface area contributed by atoms with Crippen molar-refractivity contribution in [3.8, 4) is 0 Å². The number of allylic oxidation sites excluding steroid dienone is 1. The van der Waals surface area contributed by atoms with Crippen molar-refractivity contribution in [2.75, 3.05) is 5.73 Å². The lowest BCUT2D eigenvalue weighted by molar-refractivity contribution is 0.614. The Balaban J connectivity index is 1.90. The van der Waals surface area contributed by atoms with Gasteiger partial charge in [0.1, 0.15) is 17.8 Å². The topological polar surface area (TPSA) is 82.8 Å². The number of nitrogen functional groups attached to an aromatic ring is 1. The fourth-order valence-corrected chi connectivity index (χ4v) is 3.08. The van der Waals surface area contributed by atoms with Gasteiger partial charge in [0.15, 0.2) is 0 Å². The van der Waals surface area contributed by atoms with Gasteiger partial charge in [0.2, 0.25) is 0 Å². The second-order valence-electron chi connectivity index (χ2n) is 5.90. The van der Waals surface area contributed by atoms with E-state index in [0.29, 0.717) is 17.9 Å². The summed E-state index contributed by atoms with van der Waals surface area (Å²) in [5.41, 5.74) is 15.6. The molecule has 0 aromatic carbocycles. The zero-order valence-electron chi connectivity index (χ0n) is 11.4. The zero-order valence-corrected chi connectivity index (χ0v) is 11.4. The summed E-state index contributed by atoms with van der Waals surface area (Å²) in [5, 5.41) is 1.01. The minimum atomic E-state index is 0.295. The van der Waals surface area contributed by atoms with Crippen LogP contribution in [0.25, 0.3) is 16.6 Å². The minimum Gasteiger partial charge on any atom is -0.383 e. The van der Waals surface area contributed by atoms with Crippen LogP contribution < -0.4 is 11.5 Å². The molecule has 2 heterocycles. The molecule has 4 N–H and O–H groups in total. The molecule has 0 amide bonds. The van der Waals surface area contributed by atoms with Crippen molar-refractivity contribution in [3.63, 3.8) is 0 Å². The van der Waals surface area contributed by atoms with Gasteiger partial charge >= 0.3 is 0 Å². The van der Waals surface area contributed by atoms with Crippen LogP contribution in [0.4, 0.5) is 5.82 Å². The number of rotatable bonds is 2. The average Bonchev–Trinajstić information content (AvgIpc) is 3.21. The smallest absolute Gasteiger partial charge is 0.146 e. The van der Waals surface area contributed by atoms with Gasteiger partial charge in [-0.2, -0.15) is 0 Å². The maximum Gasteiger partial charge on any atom is 0.146 e. The summed E-state index contributed by atoms with van der Waals surface area (Å²) in [4.78, 5) is 8.63. The maximum atomic E-state index is 6.11. The average molecular weight is 269 g/mol. The molecule has 0 radical (unpaired) electrons. The third kappa shape index (κ3) is 1.81. The molecule has 2 aliphatic rings. The molecule has 1 atom stereocenters. The van der Waals surface area contributed by atoms with Crippen molar-refractivity contribution in [2.45, 2.75) is 44.2 Å². The normalized spacial score (nSPS) is 23.1. The first-order chi connectivity index (χ1) is 9.74. The second-order valence-corrected chi connectivity index (χ2v) is 5.90. The van der Waals surface area contributed by atoms with E-state index in [9.17, 15) is 0 Å². The van der Waals surface area contributed by atoms with E-state index in [1.54, 1.807) is 6.33 Å². The summed E-state index contributed by atoms with van der Waals surface area (Å²) in [7, 11) is 0. The van der Waals surface area contributed by atoms with Crippen molar-refractivity contribution < 1.29 is 0 Å². The van der Waals surface area contributed by atoms with Crippen LogP contribution in [0.1, 0.15) is 43.7 Å². The van der Waals surface area contributed by atoms with Crippen LogP contribution >= 0.6 is 0 Å². The Hall–Kier alpha value is -1.88. The quantitative estimate of drug-likeness (QED) is 0.876. The van der Waals surface area contributed by atoms with Crippen LogP contribution in [-0.2, 0) is 0 Å². The van der Waals surface area contributed by atoms with Crippen molar-refractivity contribution >= 4 is 22.4 Å². The number of nitrogens with zero attached hydrogens (tertiary/aromatic N) is 3. The SMILES string of the molecule is Nc1ncnc2c1c(C1=CCC(N)CC1)cn2C1CC1. The highest BCUT2D eigenvalue weighted by molar-refractivity contribution is 5.97. The monoisotopic (exact) mass is 269 g/mol. The largest absolute Gasteiger partial charge is 0.383 e. The Morgan fingerprint density at radius 1 is 1.20 bits per heavy atom. The van der Waals surface area contributed by atoms with Gasteiger partial charge in [0, 0.05) is 23.8 Å². The lowest BCUT2D eigenvalue weighted by Gasteiger charge is -2.17. The van der Waals surface area contributed by atoms with Crippen LogP contribution in [0.15, 0.2) is 18.6 Å². The standard InChI is InChI=1S/C15H19N5/c16-10-3-1-9(2-4-10)12-7-20(11-5-6-11)15-13(12)14(17)18-8-19-15/h1,7-8,10-11H,2-6,16H2,(H2,17,18,19). The summed E-state index contributed by atoms with van der Waals surface area (Å²) in [6.07, 6.45) is 11.5. The van der Waals surface area contributed by atoms with Crippen LogP contribution in [-0.4, -0.2) is 20.6 Å². The van der Waals surface area contributed by atoms with Gasteiger partial charge in [0.25, 0.3) is 0 Å². The van der Waals surface area contributed by atoms with E-state index in [0.717, 1.165) is 30.3 Å². The molecule has 5 nitrogen and oxygen atoms in total. The first-order valence-electron chi connectivity index (χ1n) is 7.30. The molecule has 0 bridgehead atoms. The predicted molar refractivity (Wildman–Crippen MR) is 80.0 cm³/mol. The Labute approximate surface area is 117 Å². The van der Waals surface area contributed by atoms with E-state index in [1.165, 1.54) is 24.0 Å². The fourth-order valence-electron chi connectivity index (χ4n) is 3.08. The lowest BCUT2D eigenvalue weighted by Crippen LogP contribution is -2.21. The second kappa shape index (κ2) is 4.31. The summed E-state index contributed by atoms with van der Waals surface area (Å²) in [5.74, 6) is 0.583. The van der Waals surface area contributed by atoms with Gasteiger partial charge < -0.3 is 16.0 Å². The number of hydrogen-bond donors (Lipinski definition) is 2. The lowest BCUT2D eigenvalue weighted by atomic mass is 9.91. The molecule has 2 aromatic rings. The van der Waals surface area contributed by atoms with Crippen molar-refractivity contribution in [1.82, 2.24) is 14.5 Å². The molecule has 104 valence electrons. The highest BCUT2D eigenvalue weighted by atomic mass is 15.1. The molecule has 0 aliphatic heterocycles. The van der Waals surface area contributed by atoms with E-state index in [2.05, 4.69) is 26.8 Å². The number of nitrogens with two attached hydrogens (primary N) is 2. The van der Waals surface area contributed by atoms with E-state index in [1.807, 2.05) is 0 Å². The molecular weight excluding hydrogens is 250 g/mol. The van der Waals surface area contributed by atoms with Gasteiger partial charge in [-0.25, -0.2) is 9.97 Å². The predicted octanol–water partition coefficient (Wildman–Crippen LogP) is 2.24. The first-order valence-corrected chi connectivity index (χ1v) is 7.30. The molecule has 20 heavy (non-hydrogen) atoms. The van der Waals surface area contributed by atoms with Crippen LogP contribution in [0.2, 0.25) is 0 Å². The molecule has 0 spiro atoms. The molecule has 1 saturated carbocycles. The molecule has 1 fully saturated rings. The van der Waals surface area contributed by atoms with Gasteiger partial charge in [-0.1, -0.05) is 6.08 Å². The Morgan fingerprint density at radius 2 is 2.05 bits per heavy atom. The van der Waals surface area contributed by atoms with E-state index in [-0.39, 0.29) is 0 Å². The molecule has 2 aromatic heterocycles. The minimum absolute atomic E-state index is 0.295. The number of hydrogen-bond acceptors (Lipinski definition) is 4. The third-order valence-corrected chi connectivity index (χ3v) is 4.38. The van der Waals surface area contributed by atoms with Crippen molar-refractivity contribution in [1.29, 1.82) is 0 Å². The van der Waals surface area contributed by atoms with E-state index in [4.69, 9.17) is 11.5 Å². The van der Waals surface area contributed by atoms with Crippen molar-refractivity contribution in [2.24, 2.45) is 5.73 Å². The molecule has 4 rings (SSSR count). The van der Waals surface area contributed by atoms with Gasteiger partial charge in [-0.15, -0.1) is 0 Å². The van der Waals surface area contributed by atoms with Crippen molar-refractivity contribution in [3.05, 3.63) is 24.2 Å². The Bertz CT molecular complexity index is 696. The number of fused-ring (bicyclic) bond motifs is 1. The Morgan fingerprint density at radius 3 is 2.75 bits per heavy atom. The zero-order chi connectivity index (χ0) is 13.7. The van der Waals surface area contributed by atoms with Crippen LogP contribution in [0.5, 0.6) is 0 Å². The Kier molecular flexibility index (Phi) is 2.57. The van der Waals surface area contributed by atoms with Gasteiger partial charge in [0.05, 0.1) is 5.39 Å². The van der Waals surface area contributed by atoms with Crippen LogP contribution in [0, 0.1) is 0 Å². The van der Waals surface area contributed by atoms with Gasteiger partial charge in [-0.3, -0.25) is 0 Å². The summed E-state index contributed by atoms with van der Waals surface area (Å²) in [6, 6.07) is 0.885. The molecule has 5 heteroatoms. The first kappa shape index (κ1) is 11.9. The molecule has 2 aliphatic carbocycles. The summed E-state index contributed by atoms with van der Waals surface area (Å²) in [6.45, 7) is 0. The maximum absolute atomic E-state index is 6.11. The number of aromatic nitrogens is 3. The summed E-state index contributed by atoms with van der Waals surface area (Å²) >= 11 is 0. The molecular formula is C15H19N5. The highest BCUT2D eigenvalue weighted by Gasteiger charge is 2.28. The van der Waals surface area contributed by atoms with Crippen LogP contribution in [0.3, 0.4) is 0 Å².